The molecule has 2 atom stereocenters. The van der Waals surface area contributed by atoms with Crippen LogP contribution in [0.5, 0.6) is 0 Å². The Balaban J connectivity index is 2.16. The second kappa shape index (κ2) is 11.9. The maximum Gasteiger partial charge on any atom is 0.243 e. The smallest absolute Gasteiger partial charge is 0.243 e. The Morgan fingerprint density at radius 1 is 1.03 bits per heavy atom. The summed E-state index contributed by atoms with van der Waals surface area (Å²) in [5, 5.41) is 3.69. The number of nitrogens with zero attached hydrogens (tertiary/aromatic N) is 1. The van der Waals surface area contributed by atoms with E-state index in [9.17, 15) is 9.59 Å². The summed E-state index contributed by atoms with van der Waals surface area (Å²) in [4.78, 5) is 28.7. The Kier molecular flexibility index (Phi) is 9.55. The van der Waals surface area contributed by atoms with Crippen molar-refractivity contribution in [1.82, 2.24) is 10.2 Å². The van der Waals surface area contributed by atoms with Crippen LogP contribution in [-0.2, 0) is 16.1 Å². The highest BCUT2D eigenvalue weighted by molar-refractivity contribution is 8.00. The number of amides is 2. The van der Waals surface area contributed by atoms with Gasteiger partial charge in [0, 0.05) is 22.5 Å². The molecule has 0 spiro atoms. The number of nitrogens with one attached hydrogen (secondary N) is 1. The number of carbonyl (C=O) groups is 2. The van der Waals surface area contributed by atoms with Gasteiger partial charge in [-0.25, -0.2) is 0 Å². The van der Waals surface area contributed by atoms with Crippen LogP contribution in [0.25, 0.3) is 0 Å². The molecule has 0 heterocycles. The topological polar surface area (TPSA) is 49.4 Å². The quantitative estimate of drug-likeness (QED) is 0.528. The molecule has 2 aromatic rings. The number of hydrogen-bond acceptors (Lipinski definition) is 3. The molecule has 6 heteroatoms. The standard InChI is InChI=1S/C23H29ClN2O2S/c1-4-17(3)25-23(28)21(5-2)26(15-18-9-7-6-8-10-18)22(27)16-29-20-13-11-19(24)12-14-20/h6-14,17,21H,4-5,15-16H2,1-3H3,(H,25,28). The van der Waals surface area contributed by atoms with Crippen molar-refractivity contribution >= 4 is 35.2 Å². The van der Waals surface area contributed by atoms with E-state index in [0.29, 0.717) is 18.0 Å². The normalized spacial score (nSPS) is 12.8. The molecule has 2 rings (SSSR count). The lowest BCUT2D eigenvalue weighted by Gasteiger charge is -2.31. The van der Waals surface area contributed by atoms with E-state index >= 15 is 0 Å². The molecule has 4 nitrogen and oxygen atoms in total. The van der Waals surface area contributed by atoms with Crippen LogP contribution < -0.4 is 5.32 Å². The van der Waals surface area contributed by atoms with E-state index < -0.39 is 6.04 Å². The van der Waals surface area contributed by atoms with Crippen molar-refractivity contribution in [3.63, 3.8) is 0 Å². The molecule has 2 amide bonds. The van der Waals surface area contributed by atoms with Crippen molar-refractivity contribution in [3.8, 4) is 0 Å². The first-order valence-electron chi connectivity index (χ1n) is 9.96. The second-order valence-electron chi connectivity index (χ2n) is 6.99. The fourth-order valence-corrected chi connectivity index (χ4v) is 3.81. The SMILES string of the molecule is CCC(C)NC(=O)C(CC)N(Cc1ccccc1)C(=O)CSc1ccc(Cl)cc1. The molecule has 156 valence electrons. The lowest BCUT2D eigenvalue weighted by molar-refractivity contribution is -0.139. The van der Waals surface area contributed by atoms with Gasteiger partial charge in [0.05, 0.1) is 5.75 Å². The van der Waals surface area contributed by atoms with Gasteiger partial charge in [-0.2, -0.15) is 0 Å². The first kappa shape index (κ1) is 23.3. The van der Waals surface area contributed by atoms with Crippen LogP contribution in [0.1, 0.15) is 39.2 Å². The van der Waals surface area contributed by atoms with Crippen molar-refractivity contribution in [1.29, 1.82) is 0 Å². The van der Waals surface area contributed by atoms with Crippen LogP contribution in [0.2, 0.25) is 5.02 Å². The molecule has 0 aromatic heterocycles. The number of rotatable bonds is 10. The molecule has 0 bridgehead atoms. The second-order valence-corrected chi connectivity index (χ2v) is 8.48. The molecular formula is C23H29ClN2O2S. The number of thioether (sulfide) groups is 1. The number of carbonyl (C=O) groups excluding carboxylic acids is 2. The largest absolute Gasteiger partial charge is 0.352 e. The highest BCUT2D eigenvalue weighted by Gasteiger charge is 2.29. The van der Waals surface area contributed by atoms with Crippen molar-refractivity contribution < 1.29 is 9.59 Å². The van der Waals surface area contributed by atoms with Crippen LogP contribution in [0, 0.1) is 0 Å². The molecule has 0 aliphatic rings. The average Bonchev–Trinajstić information content (AvgIpc) is 2.73. The minimum Gasteiger partial charge on any atom is -0.352 e. The zero-order valence-corrected chi connectivity index (χ0v) is 18.8. The third-order valence-corrected chi connectivity index (χ3v) is 6.01. The van der Waals surface area contributed by atoms with Gasteiger partial charge in [0.2, 0.25) is 11.8 Å². The van der Waals surface area contributed by atoms with E-state index in [1.807, 2.05) is 75.4 Å². The fourth-order valence-electron chi connectivity index (χ4n) is 2.90. The van der Waals surface area contributed by atoms with Crippen molar-refractivity contribution in [2.75, 3.05) is 5.75 Å². The molecule has 29 heavy (non-hydrogen) atoms. The maximum absolute atomic E-state index is 13.1. The lowest BCUT2D eigenvalue weighted by Crippen LogP contribution is -2.51. The monoisotopic (exact) mass is 432 g/mol. The maximum atomic E-state index is 13.1. The predicted molar refractivity (Wildman–Crippen MR) is 121 cm³/mol. The van der Waals surface area contributed by atoms with Gasteiger partial charge in [0.25, 0.3) is 0 Å². The Labute approximate surface area is 183 Å². The van der Waals surface area contributed by atoms with Crippen LogP contribution in [0.4, 0.5) is 0 Å². The van der Waals surface area contributed by atoms with Gasteiger partial charge in [0.15, 0.2) is 0 Å². The summed E-state index contributed by atoms with van der Waals surface area (Å²) in [5.41, 5.74) is 1.01. The van der Waals surface area contributed by atoms with Gasteiger partial charge in [-0.15, -0.1) is 11.8 Å². The molecule has 0 saturated carbocycles. The summed E-state index contributed by atoms with van der Waals surface area (Å²) in [6.45, 7) is 6.36. The Morgan fingerprint density at radius 2 is 1.69 bits per heavy atom. The summed E-state index contributed by atoms with van der Waals surface area (Å²) in [6, 6.07) is 16.8. The molecule has 2 aromatic carbocycles. The van der Waals surface area contributed by atoms with Crippen molar-refractivity contribution in [3.05, 3.63) is 65.2 Å². The van der Waals surface area contributed by atoms with Gasteiger partial charge >= 0.3 is 0 Å². The molecule has 0 fully saturated rings. The van der Waals surface area contributed by atoms with Crippen molar-refractivity contribution in [2.24, 2.45) is 0 Å². The van der Waals surface area contributed by atoms with Gasteiger partial charge < -0.3 is 10.2 Å². The molecule has 0 aliphatic carbocycles. The number of benzene rings is 2. The Bertz CT molecular complexity index is 783. The van der Waals surface area contributed by atoms with Crippen molar-refractivity contribution in [2.45, 2.75) is 57.1 Å². The lowest BCUT2D eigenvalue weighted by atomic mass is 10.1. The zero-order chi connectivity index (χ0) is 21.2. The van der Waals surface area contributed by atoms with Crippen LogP contribution >= 0.6 is 23.4 Å². The van der Waals surface area contributed by atoms with Gasteiger partial charge in [-0.1, -0.05) is 55.8 Å². The summed E-state index contributed by atoms with van der Waals surface area (Å²) < 4.78 is 0. The van der Waals surface area contributed by atoms with Crippen LogP contribution in [0.3, 0.4) is 0 Å². The highest BCUT2D eigenvalue weighted by Crippen LogP contribution is 2.22. The molecular weight excluding hydrogens is 404 g/mol. The minimum atomic E-state index is -0.498. The summed E-state index contributed by atoms with van der Waals surface area (Å²) in [6.07, 6.45) is 1.41. The fraction of sp³-hybridized carbons (Fsp3) is 0.391. The molecule has 2 unspecified atom stereocenters. The Morgan fingerprint density at radius 3 is 2.28 bits per heavy atom. The summed E-state index contributed by atoms with van der Waals surface area (Å²) in [5.74, 6) is 0.115. The van der Waals surface area contributed by atoms with Gasteiger partial charge in [-0.3, -0.25) is 9.59 Å². The third-order valence-electron chi connectivity index (χ3n) is 4.76. The summed E-state index contributed by atoms with van der Waals surface area (Å²) in [7, 11) is 0. The van der Waals surface area contributed by atoms with E-state index in [-0.39, 0.29) is 23.6 Å². The van der Waals surface area contributed by atoms with Crippen LogP contribution in [-0.4, -0.2) is 34.6 Å². The number of hydrogen-bond donors (Lipinski definition) is 1. The average molecular weight is 433 g/mol. The van der Waals surface area contributed by atoms with E-state index in [0.717, 1.165) is 16.9 Å². The first-order valence-corrected chi connectivity index (χ1v) is 11.3. The molecule has 0 saturated heterocycles. The Hall–Kier alpha value is -1.98. The van der Waals surface area contributed by atoms with Gasteiger partial charge in [0.1, 0.15) is 6.04 Å². The highest BCUT2D eigenvalue weighted by atomic mass is 35.5. The number of halogens is 1. The molecule has 1 N–H and O–H groups in total. The third kappa shape index (κ3) is 7.41. The summed E-state index contributed by atoms with van der Waals surface area (Å²) >= 11 is 7.39. The van der Waals surface area contributed by atoms with E-state index in [1.165, 1.54) is 11.8 Å². The van der Waals surface area contributed by atoms with E-state index in [1.54, 1.807) is 4.90 Å². The first-order chi connectivity index (χ1) is 13.9. The predicted octanol–water partition coefficient (Wildman–Crippen LogP) is 5.15. The minimum absolute atomic E-state index is 0.0556. The molecule has 0 aliphatic heterocycles. The zero-order valence-electron chi connectivity index (χ0n) is 17.2. The van der Waals surface area contributed by atoms with Gasteiger partial charge in [-0.05, 0) is 49.6 Å². The van der Waals surface area contributed by atoms with Crippen LogP contribution in [0.15, 0.2) is 59.5 Å². The van der Waals surface area contributed by atoms with E-state index in [2.05, 4.69) is 5.32 Å². The van der Waals surface area contributed by atoms with E-state index in [4.69, 9.17) is 11.6 Å². The molecule has 0 radical (unpaired) electrons.